The summed E-state index contributed by atoms with van der Waals surface area (Å²) in [6, 6.07) is 14.4. The minimum atomic E-state index is -0.858. The monoisotopic (exact) mass is 621 g/mol. The fourth-order valence-electron chi connectivity index (χ4n) is 4.07. The number of ether oxygens (including phenoxy) is 3. The molecule has 0 radical (unpaired) electrons. The van der Waals surface area contributed by atoms with E-state index in [-0.39, 0.29) is 35.3 Å². The van der Waals surface area contributed by atoms with Gasteiger partial charge in [0.1, 0.15) is 11.3 Å². The van der Waals surface area contributed by atoms with Crippen LogP contribution in [0.1, 0.15) is 23.6 Å². The van der Waals surface area contributed by atoms with E-state index in [1.54, 1.807) is 36.4 Å². The summed E-state index contributed by atoms with van der Waals surface area (Å²) < 4.78 is 17.0. The van der Waals surface area contributed by atoms with Crippen molar-refractivity contribution in [2.24, 2.45) is 0 Å². The van der Waals surface area contributed by atoms with Crippen LogP contribution in [0.15, 0.2) is 64.6 Å². The normalized spacial score (nSPS) is 14.1. The number of carbonyl (C=O) groups is 4. The molecule has 41 heavy (non-hydrogen) atoms. The van der Waals surface area contributed by atoms with E-state index < -0.39 is 17.8 Å². The summed E-state index contributed by atoms with van der Waals surface area (Å²) in [5.41, 5.74) is 3.06. The van der Waals surface area contributed by atoms with Crippen LogP contribution in [-0.4, -0.2) is 44.1 Å². The molecule has 10 nitrogen and oxygen atoms in total. The molecule has 3 aromatic rings. The van der Waals surface area contributed by atoms with Crippen LogP contribution < -0.4 is 29.7 Å². The molecule has 2 N–H and O–H groups in total. The number of aryl methyl sites for hydroxylation is 2. The van der Waals surface area contributed by atoms with Gasteiger partial charge in [-0.1, -0.05) is 12.1 Å². The second-order valence-electron chi connectivity index (χ2n) is 9.07. The van der Waals surface area contributed by atoms with E-state index >= 15 is 0 Å². The SMILES string of the molecule is CCOc1ccc(N2C(=O)NC(=O)/C(=C\c3cc(Br)c(OCC(=O)Nc4cc(C)ccc4C)c(OC)c3)C2=O)cc1. The maximum atomic E-state index is 13.3. The molecule has 5 amide bonds. The summed E-state index contributed by atoms with van der Waals surface area (Å²) in [5, 5.41) is 5.03. The molecule has 0 aliphatic carbocycles. The minimum absolute atomic E-state index is 0.256. The first-order valence-corrected chi connectivity index (χ1v) is 13.4. The van der Waals surface area contributed by atoms with Gasteiger partial charge in [-0.2, -0.15) is 0 Å². The highest BCUT2D eigenvalue weighted by atomic mass is 79.9. The average molecular weight is 622 g/mol. The lowest BCUT2D eigenvalue weighted by Crippen LogP contribution is -2.54. The molecule has 1 fully saturated rings. The fourth-order valence-corrected chi connectivity index (χ4v) is 4.65. The van der Waals surface area contributed by atoms with Crippen LogP contribution in [0, 0.1) is 13.8 Å². The number of nitrogens with one attached hydrogen (secondary N) is 2. The van der Waals surface area contributed by atoms with Crippen molar-refractivity contribution in [1.29, 1.82) is 0 Å². The van der Waals surface area contributed by atoms with Crippen LogP contribution in [0.5, 0.6) is 17.2 Å². The third kappa shape index (κ3) is 6.75. The number of urea groups is 1. The van der Waals surface area contributed by atoms with Crippen LogP contribution >= 0.6 is 15.9 Å². The lowest BCUT2D eigenvalue weighted by molar-refractivity contribution is -0.122. The Morgan fingerprint density at radius 1 is 1.02 bits per heavy atom. The Bertz CT molecular complexity index is 1550. The molecule has 0 aromatic heterocycles. The Labute approximate surface area is 245 Å². The molecule has 1 aliphatic heterocycles. The smallest absolute Gasteiger partial charge is 0.335 e. The van der Waals surface area contributed by atoms with Crippen LogP contribution in [0.25, 0.3) is 6.08 Å². The largest absolute Gasteiger partial charge is 0.494 e. The van der Waals surface area contributed by atoms with Crippen molar-refractivity contribution in [2.45, 2.75) is 20.8 Å². The number of methoxy groups -OCH3 is 1. The molecule has 0 unspecified atom stereocenters. The highest BCUT2D eigenvalue weighted by molar-refractivity contribution is 9.10. The number of benzene rings is 3. The first kappa shape index (κ1) is 29.3. The molecular weight excluding hydrogens is 594 g/mol. The zero-order valence-electron chi connectivity index (χ0n) is 22.9. The molecule has 11 heteroatoms. The van der Waals surface area contributed by atoms with Crippen LogP contribution in [0.4, 0.5) is 16.2 Å². The lowest BCUT2D eigenvalue weighted by Gasteiger charge is -2.26. The van der Waals surface area contributed by atoms with Gasteiger partial charge in [0.15, 0.2) is 18.1 Å². The van der Waals surface area contributed by atoms with Gasteiger partial charge in [-0.3, -0.25) is 19.7 Å². The molecule has 4 rings (SSSR count). The van der Waals surface area contributed by atoms with Crippen molar-refractivity contribution >= 4 is 57.1 Å². The molecule has 1 heterocycles. The van der Waals surface area contributed by atoms with Gasteiger partial charge in [0.05, 0.1) is 23.9 Å². The number of rotatable bonds is 9. The maximum Gasteiger partial charge on any atom is 0.335 e. The molecular formula is C30H28BrN3O7. The van der Waals surface area contributed by atoms with Crippen molar-refractivity contribution in [2.75, 3.05) is 30.5 Å². The summed E-state index contributed by atoms with van der Waals surface area (Å²) in [6.45, 7) is 5.85. The predicted molar refractivity (Wildman–Crippen MR) is 157 cm³/mol. The molecule has 212 valence electrons. The number of amides is 5. The Balaban J connectivity index is 1.54. The van der Waals surface area contributed by atoms with E-state index in [4.69, 9.17) is 14.2 Å². The quantitative estimate of drug-likeness (QED) is 0.250. The molecule has 0 spiro atoms. The number of anilines is 2. The highest BCUT2D eigenvalue weighted by Gasteiger charge is 2.37. The number of hydrogen-bond acceptors (Lipinski definition) is 7. The number of imide groups is 2. The van der Waals surface area contributed by atoms with Gasteiger partial charge >= 0.3 is 6.03 Å². The molecule has 1 saturated heterocycles. The van der Waals surface area contributed by atoms with Crippen molar-refractivity contribution in [1.82, 2.24) is 5.32 Å². The third-order valence-electron chi connectivity index (χ3n) is 6.09. The molecule has 0 atom stereocenters. The first-order chi connectivity index (χ1) is 19.6. The number of halogens is 1. The van der Waals surface area contributed by atoms with E-state index in [1.165, 1.54) is 13.2 Å². The van der Waals surface area contributed by atoms with Crippen LogP contribution in [-0.2, 0) is 14.4 Å². The number of carbonyl (C=O) groups excluding carboxylic acids is 4. The Morgan fingerprint density at radius 2 is 1.76 bits per heavy atom. The third-order valence-corrected chi connectivity index (χ3v) is 6.67. The summed E-state index contributed by atoms with van der Waals surface area (Å²) in [4.78, 5) is 51.9. The Hall–Kier alpha value is -4.64. The van der Waals surface area contributed by atoms with Crippen molar-refractivity contribution in [3.05, 3.63) is 81.3 Å². The maximum absolute atomic E-state index is 13.3. The predicted octanol–water partition coefficient (Wildman–Crippen LogP) is 5.16. The lowest BCUT2D eigenvalue weighted by atomic mass is 10.1. The van der Waals surface area contributed by atoms with E-state index in [9.17, 15) is 19.2 Å². The van der Waals surface area contributed by atoms with E-state index in [0.29, 0.717) is 28.1 Å². The van der Waals surface area contributed by atoms with Gasteiger partial charge in [0.2, 0.25) is 0 Å². The van der Waals surface area contributed by atoms with E-state index in [2.05, 4.69) is 26.6 Å². The van der Waals surface area contributed by atoms with Gasteiger partial charge in [0.25, 0.3) is 17.7 Å². The standard InChI is InChI=1S/C30H28BrN3O7/c1-5-40-21-10-8-20(9-11-21)34-29(37)22(28(36)33-30(34)38)13-19-14-23(31)27(25(15-19)39-4)41-16-26(35)32-24-12-17(2)6-7-18(24)3/h6-15H,5,16H2,1-4H3,(H,32,35)(H,33,36,38)/b22-13+. The molecule has 1 aliphatic rings. The molecule has 0 saturated carbocycles. The summed E-state index contributed by atoms with van der Waals surface area (Å²) in [7, 11) is 1.42. The Morgan fingerprint density at radius 3 is 2.44 bits per heavy atom. The second-order valence-corrected chi connectivity index (χ2v) is 9.93. The molecule has 0 bridgehead atoms. The number of hydrogen-bond donors (Lipinski definition) is 2. The first-order valence-electron chi connectivity index (χ1n) is 12.6. The van der Waals surface area contributed by atoms with E-state index in [0.717, 1.165) is 16.0 Å². The Kier molecular flexibility index (Phi) is 9.08. The number of barbiturate groups is 1. The number of nitrogens with zero attached hydrogens (tertiary/aromatic N) is 1. The highest BCUT2D eigenvalue weighted by Crippen LogP contribution is 2.37. The average Bonchev–Trinajstić information content (AvgIpc) is 2.93. The van der Waals surface area contributed by atoms with Gasteiger partial charge in [-0.15, -0.1) is 0 Å². The van der Waals surface area contributed by atoms with Crippen LogP contribution in [0.3, 0.4) is 0 Å². The zero-order chi connectivity index (χ0) is 29.7. The van der Waals surface area contributed by atoms with Gasteiger partial charge < -0.3 is 19.5 Å². The van der Waals surface area contributed by atoms with Crippen molar-refractivity contribution in [3.8, 4) is 17.2 Å². The van der Waals surface area contributed by atoms with Crippen molar-refractivity contribution in [3.63, 3.8) is 0 Å². The zero-order valence-corrected chi connectivity index (χ0v) is 24.5. The van der Waals surface area contributed by atoms with Gasteiger partial charge in [0, 0.05) is 5.69 Å². The fraction of sp³-hybridized carbons (Fsp3) is 0.200. The van der Waals surface area contributed by atoms with E-state index in [1.807, 2.05) is 39.0 Å². The topological polar surface area (TPSA) is 123 Å². The summed E-state index contributed by atoms with van der Waals surface area (Å²) in [5.74, 6) is -0.884. The van der Waals surface area contributed by atoms with Crippen molar-refractivity contribution < 1.29 is 33.4 Å². The summed E-state index contributed by atoms with van der Waals surface area (Å²) in [6.07, 6.45) is 1.34. The van der Waals surface area contributed by atoms with Crippen LogP contribution in [0.2, 0.25) is 0 Å². The second kappa shape index (κ2) is 12.7. The van der Waals surface area contributed by atoms with Gasteiger partial charge in [-0.05, 0) is 102 Å². The summed E-state index contributed by atoms with van der Waals surface area (Å²) >= 11 is 3.42. The minimum Gasteiger partial charge on any atom is -0.494 e. The van der Waals surface area contributed by atoms with Gasteiger partial charge in [-0.25, -0.2) is 9.69 Å². The molecule has 3 aromatic carbocycles.